The maximum Gasteiger partial charge on any atom is 0.341 e. The van der Waals surface area contributed by atoms with Crippen molar-refractivity contribution in [1.82, 2.24) is 9.29 Å². The molecule has 2 N–H and O–H groups in total. The zero-order chi connectivity index (χ0) is 17.5. The third kappa shape index (κ3) is 2.71. The van der Waals surface area contributed by atoms with Gasteiger partial charge in [0, 0.05) is 29.7 Å². The quantitative estimate of drug-likeness (QED) is 0.877. The summed E-state index contributed by atoms with van der Waals surface area (Å²) in [7, 11) is -3.72. The van der Waals surface area contributed by atoms with Gasteiger partial charge in [-0.2, -0.15) is 4.31 Å². The van der Waals surface area contributed by atoms with Crippen LogP contribution < -0.4 is 5.43 Å². The number of piperidine rings is 1. The summed E-state index contributed by atoms with van der Waals surface area (Å²) in [6.45, 7) is 2.32. The molecule has 0 bridgehead atoms. The van der Waals surface area contributed by atoms with E-state index in [9.17, 15) is 18.0 Å². The highest BCUT2D eigenvalue weighted by Gasteiger charge is 2.31. The Labute approximate surface area is 139 Å². The lowest BCUT2D eigenvalue weighted by Crippen LogP contribution is -2.41. The van der Waals surface area contributed by atoms with Gasteiger partial charge >= 0.3 is 5.97 Å². The van der Waals surface area contributed by atoms with Crippen LogP contribution in [0.5, 0.6) is 0 Å². The van der Waals surface area contributed by atoms with E-state index in [1.54, 1.807) is 0 Å². The Morgan fingerprint density at radius 2 is 2.08 bits per heavy atom. The number of benzene rings is 1. The van der Waals surface area contributed by atoms with E-state index in [4.69, 9.17) is 5.11 Å². The Bertz CT molecular complexity index is 964. The maximum atomic E-state index is 12.9. The van der Waals surface area contributed by atoms with Crippen molar-refractivity contribution in [2.45, 2.75) is 37.1 Å². The molecule has 128 valence electrons. The fraction of sp³-hybridized carbons (Fsp3) is 0.375. The number of pyridine rings is 1. The number of carbonyl (C=O) groups is 1. The Morgan fingerprint density at radius 3 is 2.75 bits per heavy atom. The average Bonchev–Trinajstić information content (AvgIpc) is 2.55. The third-order valence-corrected chi connectivity index (χ3v) is 6.44. The highest BCUT2D eigenvalue weighted by atomic mass is 32.2. The molecule has 2 aromatic rings. The molecular formula is C16H18N2O5S. The van der Waals surface area contributed by atoms with Gasteiger partial charge in [0.1, 0.15) is 5.56 Å². The second kappa shape index (κ2) is 6.03. The summed E-state index contributed by atoms with van der Waals surface area (Å²) in [5.74, 6) is -1.35. The van der Waals surface area contributed by atoms with E-state index >= 15 is 0 Å². The Kier molecular flexibility index (Phi) is 4.18. The number of hydrogen-bond donors (Lipinski definition) is 2. The van der Waals surface area contributed by atoms with Gasteiger partial charge in [0.25, 0.3) is 0 Å². The lowest BCUT2D eigenvalue weighted by molar-refractivity contribution is 0.0695. The molecule has 1 aliphatic rings. The molecule has 1 aromatic heterocycles. The van der Waals surface area contributed by atoms with Crippen LogP contribution >= 0.6 is 0 Å². The summed E-state index contributed by atoms with van der Waals surface area (Å²) in [4.78, 5) is 26.1. The summed E-state index contributed by atoms with van der Waals surface area (Å²) < 4.78 is 27.2. The molecule has 24 heavy (non-hydrogen) atoms. The molecule has 3 rings (SSSR count). The van der Waals surface area contributed by atoms with E-state index in [-0.39, 0.29) is 16.3 Å². The lowest BCUT2D eigenvalue weighted by Gasteiger charge is -2.32. The maximum absolute atomic E-state index is 12.9. The second-order valence-corrected chi connectivity index (χ2v) is 7.90. The highest BCUT2D eigenvalue weighted by Crippen LogP contribution is 2.26. The molecular weight excluding hydrogens is 332 g/mol. The average molecular weight is 350 g/mol. The van der Waals surface area contributed by atoms with Gasteiger partial charge in [-0.25, -0.2) is 13.2 Å². The van der Waals surface area contributed by atoms with Gasteiger partial charge in [-0.3, -0.25) is 4.79 Å². The molecule has 1 aliphatic heterocycles. The van der Waals surface area contributed by atoms with Crippen LogP contribution in [0.2, 0.25) is 0 Å². The Balaban J connectivity index is 2.15. The first-order valence-corrected chi connectivity index (χ1v) is 9.17. The van der Waals surface area contributed by atoms with Gasteiger partial charge in [-0.1, -0.05) is 6.42 Å². The molecule has 0 amide bonds. The predicted molar refractivity (Wildman–Crippen MR) is 88.7 cm³/mol. The zero-order valence-electron chi connectivity index (χ0n) is 13.2. The first-order valence-electron chi connectivity index (χ1n) is 7.73. The van der Waals surface area contributed by atoms with E-state index in [0.717, 1.165) is 25.5 Å². The topological polar surface area (TPSA) is 108 Å². The van der Waals surface area contributed by atoms with Crippen LogP contribution in [0.15, 0.2) is 34.1 Å². The summed E-state index contributed by atoms with van der Waals surface area (Å²) in [6, 6.07) is 4.10. The number of fused-ring (bicyclic) bond motifs is 1. The van der Waals surface area contributed by atoms with Gasteiger partial charge < -0.3 is 10.1 Å². The van der Waals surface area contributed by atoms with E-state index in [2.05, 4.69) is 4.98 Å². The van der Waals surface area contributed by atoms with Crippen molar-refractivity contribution in [3.8, 4) is 0 Å². The van der Waals surface area contributed by atoms with Crippen molar-refractivity contribution in [3.63, 3.8) is 0 Å². The molecule has 1 unspecified atom stereocenters. The number of carboxylic acids is 1. The summed E-state index contributed by atoms with van der Waals surface area (Å²) >= 11 is 0. The van der Waals surface area contributed by atoms with Crippen LogP contribution in [-0.4, -0.2) is 41.4 Å². The number of nitrogens with zero attached hydrogens (tertiary/aromatic N) is 1. The van der Waals surface area contributed by atoms with Crippen molar-refractivity contribution >= 4 is 26.9 Å². The normalized spacial score (nSPS) is 19.5. The van der Waals surface area contributed by atoms with Crippen LogP contribution in [0.25, 0.3) is 10.9 Å². The molecule has 1 aromatic carbocycles. The number of H-pyrrole nitrogens is 1. The summed E-state index contributed by atoms with van der Waals surface area (Å²) in [5.41, 5.74) is -0.709. The second-order valence-electron chi connectivity index (χ2n) is 6.00. The molecule has 2 heterocycles. The fourth-order valence-corrected chi connectivity index (χ4v) is 4.81. The van der Waals surface area contributed by atoms with Crippen LogP contribution in [0.4, 0.5) is 0 Å². The van der Waals surface area contributed by atoms with Gasteiger partial charge in [-0.15, -0.1) is 0 Å². The smallest absolute Gasteiger partial charge is 0.341 e. The number of aromatic carboxylic acids is 1. The lowest BCUT2D eigenvalue weighted by atomic mass is 10.1. The number of rotatable bonds is 3. The van der Waals surface area contributed by atoms with E-state index < -0.39 is 27.0 Å². The largest absolute Gasteiger partial charge is 0.477 e. The number of nitrogens with one attached hydrogen (secondary N) is 1. The van der Waals surface area contributed by atoms with E-state index in [1.807, 2.05) is 6.92 Å². The van der Waals surface area contributed by atoms with Gasteiger partial charge in [0.05, 0.1) is 4.90 Å². The summed E-state index contributed by atoms with van der Waals surface area (Å²) in [6.07, 6.45) is 3.72. The molecule has 0 radical (unpaired) electrons. The number of aromatic nitrogens is 1. The minimum atomic E-state index is -3.72. The molecule has 0 aliphatic carbocycles. The Morgan fingerprint density at radius 1 is 1.33 bits per heavy atom. The number of hydrogen-bond acceptors (Lipinski definition) is 4. The van der Waals surface area contributed by atoms with Gasteiger partial charge in [-0.05, 0) is 38.0 Å². The summed E-state index contributed by atoms with van der Waals surface area (Å²) in [5, 5.41) is 9.10. The molecule has 0 spiro atoms. The zero-order valence-corrected chi connectivity index (χ0v) is 14.0. The van der Waals surface area contributed by atoms with Crippen molar-refractivity contribution < 1.29 is 18.3 Å². The molecule has 1 atom stereocenters. The first kappa shape index (κ1) is 16.7. The Hall–Kier alpha value is -2.19. The van der Waals surface area contributed by atoms with Crippen molar-refractivity contribution in [2.75, 3.05) is 6.54 Å². The monoisotopic (exact) mass is 350 g/mol. The first-order chi connectivity index (χ1) is 11.3. The molecule has 1 saturated heterocycles. The van der Waals surface area contributed by atoms with Crippen LogP contribution in [0.3, 0.4) is 0 Å². The van der Waals surface area contributed by atoms with Crippen molar-refractivity contribution in [1.29, 1.82) is 0 Å². The van der Waals surface area contributed by atoms with Gasteiger partial charge in [0.2, 0.25) is 15.5 Å². The van der Waals surface area contributed by atoms with Crippen LogP contribution in [0, 0.1) is 0 Å². The van der Waals surface area contributed by atoms with Crippen molar-refractivity contribution in [2.24, 2.45) is 0 Å². The highest BCUT2D eigenvalue weighted by molar-refractivity contribution is 7.89. The third-order valence-electron chi connectivity index (χ3n) is 4.43. The van der Waals surface area contributed by atoms with Crippen LogP contribution in [-0.2, 0) is 10.0 Å². The van der Waals surface area contributed by atoms with Crippen LogP contribution in [0.1, 0.15) is 36.5 Å². The minimum absolute atomic E-state index is 0.0109. The predicted octanol–water partition coefficient (Wildman–Crippen LogP) is 1.79. The van der Waals surface area contributed by atoms with E-state index in [0.29, 0.717) is 12.1 Å². The fourth-order valence-electron chi connectivity index (χ4n) is 3.08. The minimum Gasteiger partial charge on any atom is -0.477 e. The van der Waals surface area contributed by atoms with E-state index in [1.165, 1.54) is 22.5 Å². The molecule has 7 nitrogen and oxygen atoms in total. The molecule has 8 heteroatoms. The van der Waals surface area contributed by atoms with Gasteiger partial charge in [0.15, 0.2) is 0 Å². The number of aromatic amines is 1. The van der Waals surface area contributed by atoms with Crippen molar-refractivity contribution in [3.05, 3.63) is 40.2 Å². The molecule has 1 fully saturated rings. The number of carboxylic acid groups (broad SMARTS) is 1. The SMILES string of the molecule is CC1CCCCN1S(=O)(=O)c1ccc2[nH]cc(C(=O)O)c(=O)c2c1. The standard InChI is InChI=1S/C16H18N2O5S/c1-10-4-2-3-7-18(10)24(22,23)11-5-6-14-12(8-11)15(19)13(9-17-14)16(20)21/h5-6,8-10H,2-4,7H2,1H3,(H,17,19)(H,20,21). The number of sulfonamides is 1. The molecule has 0 saturated carbocycles.